The number of rotatable bonds is 5. The average molecular weight is 274 g/mol. The van der Waals surface area contributed by atoms with Crippen molar-refractivity contribution in [2.75, 3.05) is 26.3 Å². The number of likely N-dealkylation sites (tertiary alicyclic amines) is 1. The van der Waals surface area contributed by atoms with Gasteiger partial charge in [0.1, 0.15) is 0 Å². The van der Waals surface area contributed by atoms with Crippen LogP contribution in [0.4, 0.5) is 0 Å². The topological polar surface area (TPSA) is 25.4 Å². The monoisotopic (exact) mass is 274 g/mol. The van der Waals surface area contributed by atoms with Crippen LogP contribution in [0.3, 0.4) is 0 Å². The van der Waals surface area contributed by atoms with Gasteiger partial charge in [-0.25, -0.2) is 0 Å². The Hall–Kier alpha value is -0.930. The lowest BCUT2D eigenvalue weighted by atomic mass is 9.98. The van der Waals surface area contributed by atoms with E-state index in [1.807, 2.05) is 12.4 Å². The molecule has 0 radical (unpaired) electrons. The van der Waals surface area contributed by atoms with Crippen LogP contribution in [0, 0.1) is 5.92 Å². The Bertz CT molecular complexity index is 389. The third-order valence-electron chi connectivity index (χ3n) is 4.85. The molecule has 0 bridgehead atoms. The molecule has 1 aromatic rings. The maximum absolute atomic E-state index is 5.47. The highest BCUT2D eigenvalue weighted by molar-refractivity contribution is 5.10. The van der Waals surface area contributed by atoms with Crippen LogP contribution in [0.25, 0.3) is 0 Å². The van der Waals surface area contributed by atoms with Crippen LogP contribution in [0.15, 0.2) is 24.5 Å². The Kier molecular flexibility index (Phi) is 5.04. The largest absolute Gasteiger partial charge is 0.381 e. The van der Waals surface area contributed by atoms with E-state index in [0.29, 0.717) is 0 Å². The predicted molar refractivity (Wildman–Crippen MR) is 80.7 cm³/mol. The molecule has 0 spiro atoms. The van der Waals surface area contributed by atoms with Crippen LogP contribution in [0.5, 0.6) is 0 Å². The fourth-order valence-corrected chi connectivity index (χ4v) is 3.61. The van der Waals surface area contributed by atoms with Gasteiger partial charge in [-0.2, -0.15) is 0 Å². The van der Waals surface area contributed by atoms with Gasteiger partial charge in [0.15, 0.2) is 0 Å². The molecule has 1 aromatic heterocycles. The Morgan fingerprint density at radius 2 is 1.95 bits per heavy atom. The minimum atomic E-state index is 0.797. The van der Waals surface area contributed by atoms with Gasteiger partial charge >= 0.3 is 0 Å². The first-order valence-electron chi connectivity index (χ1n) is 8.12. The summed E-state index contributed by atoms with van der Waals surface area (Å²) in [7, 11) is 0. The van der Waals surface area contributed by atoms with Gasteiger partial charge in [0, 0.05) is 38.2 Å². The van der Waals surface area contributed by atoms with E-state index in [1.54, 1.807) is 0 Å². The first-order valence-corrected chi connectivity index (χ1v) is 8.12. The van der Waals surface area contributed by atoms with Crippen LogP contribution in [0.2, 0.25) is 0 Å². The number of pyridine rings is 1. The predicted octanol–water partition coefficient (Wildman–Crippen LogP) is 2.91. The Morgan fingerprint density at radius 1 is 1.15 bits per heavy atom. The van der Waals surface area contributed by atoms with Crippen molar-refractivity contribution in [1.82, 2.24) is 9.88 Å². The van der Waals surface area contributed by atoms with Gasteiger partial charge in [0.05, 0.1) is 0 Å². The lowest BCUT2D eigenvalue weighted by Crippen LogP contribution is -2.36. The van der Waals surface area contributed by atoms with E-state index in [2.05, 4.69) is 22.0 Å². The number of hydrogen-bond donors (Lipinski definition) is 0. The molecule has 3 heteroatoms. The van der Waals surface area contributed by atoms with Crippen LogP contribution >= 0.6 is 0 Å². The van der Waals surface area contributed by atoms with Gasteiger partial charge in [-0.05, 0) is 68.7 Å². The van der Waals surface area contributed by atoms with E-state index >= 15 is 0 Å². The second-order valence-corrected chi connectivity index (χ2v) is 6.24. The average Bonchev–Trinajstić information content (AvgIpc) is 2.94. The summed E-state index contributed by atoms with van der Waals surface area (Å²) in [5, 5.41) is 0. The fourth-order valence-electron chi connectivity index (χ4n) is 3.61. The minimum absolute atomic E-state index is 0.797. The molecule has 0 aliphatic carbocycles. The fraction of sp³-hybridized carbons (Fsp3) is 0.706. The summed E-state index contributed by atoms with van der Waals surface area (Å²) in [4.78, 5) is 6.84. The number of hydrogen-bond acceptors (Lipinski definition) is 3. The van der Waals surface area contributed by atoms with E-state index in [1.165, 1.54) is 57.2 Å². The molecule has 110 valence electrons. The summed E-state index contributed by atoms with van der Waals surface area (Å²) in [5.41, 5.74) is 1.43. The van der Waals surface area contributed by atoms with Gasteiger partial charge in [0.2, 0.25) is 0 Å². The number of aromatic nitrogens is 1. The van der Waals surface area contributed by atoms with Gasteiger partial charge in [-0.3, -0.25) is 4.98 Å². The zero-order chi connectivity index (χ0) is 13.6. The second-order valence-electron chi connectivity index (χ2n) is 6.24. The van der Waals surface area contributed by atoms with Crippen molar-refractivity contribution in [3.8, 4) is 0 Å². The summed E-state index contributed by atoms with van der Waals surface area (Å²) in [6.45, 7) is 4.54. The Morgan fingerprint density at radius 3 is 2.75 bits per heavy atom. The number of nitrogens with zero attached hydrogens (tertiary/aromatic N) is 2. The Balaban J connectivity index is 1.47. The normalized spacial score (nSPS) is 25.1. The van der Waals surface area contributed by atoms with Crippen molar-refractivity contribution >= 4 is 0 Å². The van der Waals surface area contributed by atoms with Crippen molar-refractivity contribution in [3.63, 3.8) is 0 Å². The quantitative estimate of drug-likeness (QED) is 0.825. The van der Waals surface area contributed by atoms with Crippen molar-refractivity contribution < 1.29 is 4.74 Å². The smallest absolute Gasteiger partial charge is 0.0469 e. The molecule has 0 amide bonds. The SMILES string of the molecule is c1cc(CC[C@@H]2CCCN2CC2CCOCC2)ccn1. The highest BCUT2D eigenvalue weighted by atomic mass is 16.5. The van der Waals surface area contributed by atoms with Gasteiger partial charge in [0.25, 0.3) is 0 Å². The third kappa shape index (κ3) is 3.80. The molecule has 3 rings (SSSR count). The number of ether oxygens (including phenoxy) is 1. The third-order valence-corrected chi connectivity index (χ3v) is 4.85. The molecule has 1 atom stereocenters. The lowest BCUT2D eigenvalue weighted by molar-refractivity contribution is 0.0502. The van der Waals surface area contributed by atoms with Crippen LogP contribution in [-0.2, 0) is 11.2 Å². The molecule has 3 nitrogen and oxygen atoms in total. The van der Waals surface area contributed by atoms with Crippen LogP contribution in [0.1, 0.15) is 37.7 Å². The van der Waals surface area contributed by atoms with Gasteiger partial charge in [-0.15, -0.1) is 0 Å². The molecule has 0 unspecified atom stereocenters. The summed E-state index contributed by atoms with van der Waals surface area (Å²) in [6, 6.07) is 5.10. The van der Waals surface area contributed by atoms with Crippen LogP contribution in [-0.4, -0.2) is 42.2 Å². The molecule has 20 heavy (non-hydrogen) atoms. The molecule has 0 N–H and O–H groups in total. The standard InChI is InChI=1S/C17H26N2O/c1-2-17(4-3-15-5-9-18-10-6-15)19(11-1)14-16-7-12-20-13-8-16/h5-6,9-10,16-17H,1-4,7-8,11-14H2/t17-/m0/s1. The first-order chi connectivity index (χ1) is 9.92. The van der Waals surface area contributed by atoms with E-state index in [-0.39, 0.29) is 0 Å². The molecule has 2 saturated heterocycles. The maximum Gasteiger partial charge on any atom is 0.0469 e. The van der Waals surface area contributed by atoms with Gasteiger partial charge in [-0.1, -0.05) is 0 Å². The van der Waals surface area contributed by atoms with Gasteiger partial charge < -0.3 is 9.64 Å². The number of aryl methyl sites for hydroxylation is 1. The molecule has 2 aliphatic rings. The molecule has 0 saturated carbocycles. The zero-order valence-corrected chi connectivity index (χ0v) is 12.3. The highest BCUT2D eigenvalue weighted by Crippen LogP contribution is 2.25. The molecule has 3 heterocycles. The lowest BCUT2D eigenvalue weighted by Gasteiger charge is -2.31. The summed E-state index contributed by atoms with van der Waals surface area (Å²) in [6.07, 6.45) is 11.6. The summed E-state index contributed by atoms with van der Waals surface area (Å²) >= 11 is 0. The molecule has 2 fully saturated rings. The molecular formula is C17H26N2O. The molecule has 0 aromatic carbocycles. The van der Waals surface area contributed by atoms with E-state index in [9.17, 15) is 0 Å². The van der Waals surface area contributed by atoms with E-state index in [0.717, 1.165) is 25.2 Å². The van der Waals surface area contributed by atoms with Crippen molar-refractivity contribution in [2.24, 2.45) is 5.92 Å². The second kappa shape index (κ2) is 7.19. The summed E-state index contributed by atoms with van der Waals surface area (Å²) in [5.74, 6) is 0.866. The van der Waals surface area contributed by atoms with Crippen molar-refractivity contribution in [2.45, 2.75) is 44.6 Å². The maximum atomic E-state index is 5.47. The first kappa shape index (κ1) is 14.0. The minimum Gasteiger partial charge on any atom is -0.381 e. The Labute approximate surface area is 122 Å². The van der Waals surface area contributed by atoms with Crippen LogP contribution < -0.4 is 0 Å². The molecular weight excluding hydrogens is 248 g/mol. The zero-order valence-electron chi connectivity index (χ0n) is 12.3. The van der Waals surface area contributed by atoms with Crippen molar-refractivity contribution in [1.29, 1.82) is 0 Å². The molecule has 2 aliphatic heterocycles. The van der Waals surface area contributed by atoms with E-state index < -0.39 is 0 Å². The highest BCUT2D eigenvalue weighted by Gasteiger charge is 2.27. The van der Waals surface area contributed by atoms with Crippen molar-refractivity contribution in [3.05, 3.63) is 30.1 Å². The van der Waals surface area contributed by atoms with E-state index in [4.69, 9.17) is 4.74 Å². The summed E-state index contributed by atoms with van der Waals surface area (Å²) < 4.78 is 5.47.